The zero-order chi connectivity index (χ0) is 11.6. The molecule has 0 bridgehead atoms. The molecule has 0 radical (unpaired) electrons. The molecular formula is C12H24O2. The lowest BCUT2D eigenvalue weighted by Gasteiger charge is -2.25. The van der Waals surface area contributed by atoms with Crippen LogP contribution < -0.4 is 0 Å². The highest BCUT2D eigenvalue weighted by Gasteiger charge is 2.27. The fraction of sp³-hybridized carbons (Fsp3) is 0.917. The van der Waals surface area contributed by atoms with Crippen LogP contribution in [0.2, 0.25) is 0 Å². The van der Waals surface area contributed by atoms with Crippen molar-refractivity contribution in [1.82, 2.24) is 0 Å². The quantitative estimate of drug-likeness (QED) is 0.700. The molecule has 0 aromatic carbocycles. The zero-order valence-corrected chi connectivity index (χ0v) is 10.6. The lowest BCUT2D eigenvalue weighted by atomic mass is 9.84. The summed E-state index contributed by atoms with van der Waals surface area (Å²) in [6, 6.07) is 0. The molecule has 0 saturated heterocycles. The Morgan fingerprint density at radius 2 is 1.57 bits per heavy atom. The SMILES string of the molecule is CC(COC(C)(C)C)C(=O)C(C)(C)C. The van der Waals surface area contributed by atoms with Gasteiger partial charge in [0.1, 0.15) is 5.78 Å². The Kier molecular flexibility index (Phi) is 4.32. The van der Waals surface area contributed by atoms with Crippen LogP contribution >= 0.6 is 0 Å². The zero-order valence-electron chi connectivity index (χ0n) is 10.6. The van der Waals surface area contributed by atoms with Crippen LogP contribution in [0.1, 0.15) is 48.5 Å². The molecule has 0 fully saturated rings. The van der Waals surface area contributed by atoms with Gasteiger partial charge in [0, 0.05) is 11.3 Å². The third kappa shape index (κ3) is 5.38. The first-order valence-electron chi connectivity index (χ1n) is 5.22. The van der Waals surface area contributed by atoms with E-state index >= 15 is 0 Å². The summed E-state index contributed by atoms with van der Waals surface area (Å²) in [6.45, 7) is 14.3. The van der Waals surface area contributed by atoms with Gasteiger partial charge < -0.3 is 4.74 Å². The van der Waals surface area contributed by atoms with E-state index in [1.807, 2.05) is 48.5 Å². The maximum atomic E-state index is 11.8. The van der Waals surface area contributed by atoms with Crippen molar-refractivity contribution in [3.8, 4) is 0 Å². The van der Waals surface area contributed by atoms with E-state index in [-0.39, 0.29) is 22.7 Å². The number of ketones is 1. The van der Waals surface area contributed by atoms with Crippen molar-refractivity contribution in [3.05, 3.63) is 0 Å². The molecule has 0 aliphatic carbocycles. The van der Waals surface area contributed by atoms with Crippen molar-refractivity contribution in [2.75, 3.05) is 6.61 Å². The number of carbonyl (C=O) groups excluding carboxylic acids is 1. The second kappa shape index (κ2) is 4.43. The van der Waals surface area contributed by atoms with Gasteiger partial charge in [-0.2, -0.15) is 0 Å². The molecule has 1 atom stereocenters. The molecule has 0 saturated carbocycles. The Labute approximate surface area is 88.0 Å². The van der Waals surface area contributed by atoms with E-state index in [0.717, 1.165) is 0 Å². The summed E-state index contributed by atoms with van der Waals surface area (Å²) in [5, 5.41) is 0. The molecule has 0 rings (SSSR count). The van der Waals surface area contributed by atoms with Gasteiger partial charge in [-0.3, -0.25) is 4.79 Å². The van der Waals surface area contributed by atoms with Crippen LogP contribution in [-0.4, -0.2) is 18.0 Å². The molecule has 0 aliphatic heterocycles. The first-order valence-corrected chi connectivity index (χ1v) is 5.22. The first kappa shape index (κ1) is 13.6. The van der Waals surface area contributed by atoms with Gasteiger partial charge in [0.15, 0.2) is 0 Å². The molecule has 0 aromatic rings. The maximum Gasteiger partial charge on any atom is 0.143 e. The smallest absolute Gasteiger partial charge is 0.143 e. The van der Waals surface area contributed by atoms with Gasteiger partial charge in [-0.1, -0.05) is 27.7 Å². The Morgan fingerprint density at radius 3 is 1.86 bits per heavy atom. The summed E-state index contributed by atoms with van der Waals surface area (Å²) in [5.74, 6) is 0.246. The molecule has 14 heavy (non-hydrogen) atoms. The van der Waals surface area contributed by atoms with Crippen LogP contribution in [0.15, 0.2) is 0 Å². The third-order valence-corrected chi connectivity index (χ3v) is 1.95. The number of carbonyl (C=O) groups is 1. The molecule has 1 unspecified atom stereocenters. The average Bonchev–Trinajstić information content (AvgIpc) is 1.95. The number of rotatable bonds is 3. The second-order valence-electron chi connectivity index (χ2n) is 5.94. The molecule has 0 aromatic heterocycles. The predicted octanol–water partition coefficient (Wildman–Crippen LogP) is 3.05. The lowest BCUT2D eigenvalue weighted by Crippen LogP contribution is -2.32. The number of hydrogen-bond donors (Lipinski definition) is 0. The van der Waals surface area contributed by atoms with Crippen LogP contribution in [0.4, 0.5) is 0 Å². The summed E-state index contributed by atoms with van der Waals surface area (Å²) < 4.78 is 5.59. The largest absolute Gasteiger partial charge is 0.375 e. The minimum Gasteiger partial charge on any atom is -0.375 e. The fourth-order valence-corrected chi connectivity index (χ4v) is 1.19. The molecule has 0 spiro atoms. The lowest BCUT2D eigenvalue weighted by molar-refractivity contribution is -0.133. The minimum absolute atomic E-state index is 0.0192. The van der Waals surface area contributed by atoms with Gasteiger partial charge in [0.05, 0.1) is 12.2 Å². The van der Waals surface area contributed by atoms with Crippen LogP contribution in [0.25, 0.3) is 0 Å². The first-order chi connectivity index (χ1) is 6.04. The van der Waals surface area contributed by atoms with Gasteiger partial charge in [0.25, 0.3) is 0 Å². The third-order valence-electron chi connectivity index (χ3n) is 1.95. The van der Waals surface area contributed by atoms with E-state index in [1.165, 1.54) is 0 Å². The van der Waals surface area contributed by atoms with Gasteiger partial charge in [0.2, 0.25) is 0 Å². The number of ether oxygens (including phenoxy) is 1. The van der Waals surface area contributed by atoms with E-state index < -0.39 is 0 Å². The molecular weight excluding hydrogens is 176 g/mol. The molecule has 0 amide bonds. The molecule has 0 aliphatic rings. The predicted molar refractivity (Wildman–Crippen MR) is 59.3 cm³/mol. The van der Waals surface area contributed by atoms with Crippen LogP contribution in [0.5, 0.6) is 0 Å². The highest BCUT2D eigenvalue weighted by atomic mass is 16.5. The van der Waals surface area contributed by atoms with Crippen molar-refractivity contribution in [3.63, 3.8) is 0 Å². The minimum atomic E-state index is -0.263. The topological polar surface area (TPSA) is 26.3 Å². The van der Waals surface area contributed by atoms with Crippen molar-refractivity contribution < 1.29 is 9.53 Å². The average molecular weight is 200 g/mol. The second-order valence-corrected chi connectivity index (χ2v) is 5.94. The van der Waals surface area contributed by atoms with Crippen molar-refractivity contribution >= 4 is 5.78 Å². The Hall–Kier alpha value is -0.370. The van der Waals surface area contributed by atoms with E-state index in [9.17, 15) is 4.79 Å². The summed E-state index contributed by atoms with van der Waals surface area (Å²) in [5.41, 5.74) is -0.424. The van der Waals surface area contributed by atoms with Gasteiger partial charge in [-0.05, 0) is 20.8 Å². The van der Waals surface area contributed by atoms with Crippen molar-refractivity contribution in [1.29, 1.82) is 0 Å². The highest BCUT2D eigenvalue weighted by molar-refractivity contribution is 5.85. The molecule has 84 valence electrons. The van der Waals surface area contributed by atoms with Crippen LogP contribution in [0, 0.1) is 11.3 Å². The summed E-state index contributed by atoms with van der Waals surface area (Å²) in [6.07, 6.45) is 0. The standard InChI is InChI=1S/C12H24O2/c1-9(8-14-12(5,6)7)10(13)11(2,3)4/h9H,8H2,1-7H3. The maximum absolute atomic E-state index is 11.8. The van der Waals surface area contributed by atoms with E-state index in [0.29, 0.717) is 6.61 Å². The van der Waals surface area contributed by atoms with Gasteiger partial charge in [-0.15, -0.1) is 0 Å². The summed E-state index contributed by atoms with van der Waals surface area (Å²) in [4.78, 5) is 11.8. The summed E-state index contributed by atoms with van der Waals surface area (Å²) in [7, 11) is 0. The molecule has 2 heteroatoms. The number of Topliss-reactive ketones (excluding diaryl/α,β-unsaturated/α-hetero) is 1. The van der Waals surface area contributed by atoms with Crippen molar-refractivity contribution in [2.24, 2.45) is 11.3 Å². The number of hydrogen-bond acceptors (Lipinski definition) is 2. The fourth-order valence-electron chi connectivity index (χ4n) is 1.19. The normalized spacial score (nSPS) is 15.4. The van der Waals surface area contributed by atoms with Crippen molar-refractivity contribution in [2.45, 2.75) is 54.1 Å². The van der Waals surface area contributed by atoms with E-state index in [1.54, 1.807) is 0 Å². The Bertz CT molecular complexity index is 193. The Balaban J connectivity index is 4.11. The molecule has 2 nitrogen and oxygen atoms in total. The van der Waals surface area contributed by atoms with Gasteiger partial charge >= 0.3 is 0 Å². The van der Waals surface area contributed by atoms with E-state index in [2.05, 4.69) is 0 Å². The van der Waals surface area contributed by atoms with E-state index in [4.69, 9.17) is 4.74 Å². The van der Waals surface area contributed by atoms with Gasteiger partial charge in [-0.25, -0.2) is 0 Å². The Morgan fingerprint density at radius 1 is 1.14 bits per heavy atom. The molecule has 0 N–H and O–H groups in total. The van der Waals surface area contributed by atoms with Crippen LogP contribution in [-0.2, 0) is 9.53 Å². The molecule has 0 heterocycles. The highest BCUT2D eigenvalue weighted by Crippen LogP contribution is 2.21. The monoisotopic (exact) mass is 200 g/mol. The summed E-state index contributed by atoms with van der Waals surface area (Å²) >= 11 is 0. The van der Waals surface area contributed by atoms with Crippen LogP contribution in [0.3, 0.4) is 0 Å².